The summed E-state index contributed by atoms with van der Waals surface area (Å²) in [6.45, 7) is 6.58. The number of hydrogen-bond donors (Lipinski definition) is 0. The lowest BCUT2D eigenvalue weighted by Crippen LogP contribution is -2.35. The van der Waals surface area contributed by atoms with Crippen molar-refractivity contribution in [2.75, 3.05) is 26.2 Å². The van der Waals surface area contributed by atoms with Gasteiger partial charge in [-0.3, -0.25) is 10.1 Å². The fourth-order valence-electron chi connectivity index (χ4n) is 3.59. The summed E-state index contributed by atoms with van der Waals surface area (Å²) in [6.07, 6.45) is 4.37. The number of hydrogen-bond acceptors (Lipinski definition) is 5. The van der Waals surface area contributed by atoms with Crippen molar-refractivity contribution in [3.05, 3.63) is 56.3 Å². The van der Waals surface area contributed by atoms with Crippen LogP contribution in [0.4, 0.5) is 5.69 Å². The third-order valence-corrected chi connectivity index (χ3v) is 4.84. The Morgan fingerprint density at radius 2 is 1.96 bits per heavy atom. The molecule has 2 fully saturated rings. The molecule has 0 aliphatic carbocycles. The lowest BCUT2D eigenvalue weighted by Gasteiger charge is -2.22. The lowest BCUT2D eigenvalue weighted by molar-refractivity contribution is -0.486. The third-order valence-electron chi connectivity index (χ3n) is 4.84. The van der Waals surface area contributed by atoms with Crippen LogP contribution in [0.2, 0.25) is 0 Å². The van der Waals surface area contributed by atoms with E-state index in [4.69, 9.17) is 4.74 Å². The maximum atomic E-state index is 11.0. The number of non-ortho nitro benzene ring substituents is 1. The van der Waals surface area contributed by atoms with Crippen molar-refractivity contribution < 1.29 is 14.7 Å². The van der Waals surface area contributed by atoms with Gasteiger partial charge in [0.1, 0.15) is 5.10 Å². The normalized spacial score (nSPS) is 23.1. The number of rotatable bonds is 6. The summed E-state index contributed by atoms with van der Waals surface area (Å²) in [5.41, 5.74) is 0.609. The average molecular weight is 389 g/mol. The smallest absolute Gasteiger partial charge is 0.278 e. The van der Waals surface area contributed by atoms with Crippen LogP contribution in [-0.2, 0) is 4.74 Å². The van der Waals surface area contributed by atoms with E-state index in [0.29, 0.717) is 38.1 Å². The van der Waals surface area contributed by atoms with E-state index in [0.717, 1.165) is 12.0 Å². The van der Waals surface area contributed by atoms with Crippen molar-refractivity contribution in [2.45, 2.75) is 25.9 Å². The topological polar surface area (TPSA) is 114 Å². The van der Waals surface area contributed by atoms with Gasteiger partial charge in [-0.1, -0.05) is 0 Å². The van der Waals surface area contributed by atoms with E-state index in [1.807, 2.05) is 18.7 Å². The van der Waals surface area contributed by atoms with E-state index < -0.39 is 9.96 Å². The van der Waals surface area contributed by atoms with E-state index in [1.165, 1.54) is 12.1 Å². The SMILES string of the molecule is CC1(C)CC(CN2CCN(C=Cc3ccc([N+](=O)[O-])cc3)C2=N[N+](=O)[O-])CO1. The van der Waals surface area contributed by atoms with Gasteiger partial charge in [0.25, 0.3) is 11.6 Å². The number of nitro benzene ring substituents is 1. The standard InChI is InChI=1S/C18H23N5O5/c1-18(2)11-15(13-28-18)12-21-10-9-20(17(21)19-23(26)27)8-7-14-3-5-16(6-4-14)22(24)25/h3-8,15H,9-13H2,1-2H3. The predicted octanol–water partition coefficient (Wildman–Crippen LogP) is 2.55. The molecule has 3 rings (SSSR count). The Morgan fingerprint density at radius 1 is 1.25 bits per heavy atom. The summed E-state index contributed by atoms with van der Waals surface area (Å²) in [5.74, 6) is 0.596. The summed E-state index contributed by atoms with van der Waals surface area (Å²) >= 11 is 0. The summed E-state index contributed by atoms with van der Waals surface area (Å²) < 4.78 is 5.76. The first-order valence-corrected chi connectivity index (χ1v) is 9.05. The number of nitro groups is 2. The largest absolute Gasteiger partial charge is 0.375 e. The van der Waals surface area contributed by atoms with E-state index in [2.05, 4.69) is 5.10 Å². The van der Waals surface area contributed by atoms with Gasteiger partial charge in [-0.15, -0.1) is 0 Å². The number of hydrazone groups is 1. The quantitative estimate of drug-likeness (QED) is 0.542. The minimum Gasteiger partial charge on any atom is -0.375 e. The van der Waals surface area contributed by atoms with Crippen molar-refractivity contribution in [1.29, 1.82) is 0 Å². The van der Waals surface area contributed by atoms with Crippen molar-refractivity contribution in [3.63, 3.8) is 0 Å². The summed E-state index contributed by atoms with van der Waals surface area (Å²) in [6, 6.07) is 6.10. The Hall–Kier alpha value is -3.01. The minimum absolute atomic E-state index is 0.0156. The molecule has 2 aliphatic rings. The Labute approximate surface area is 162 Å². The Morgan fingerprint density at radius 3 is 2.54 bits per heavy atom. The van der Waals surface area contributed by atoms with E-state index in [-0.39, 0.29) is 11.3 Å². The predicted molar refractivity (Wildman–Crippen MR) is 103 cm³/mol. The molecule has 0 amide bonds. The highest BCUT2D eigenvalue weighted by Gasteiger charge is 2.36. The van der Waals surface area contributed by atoms with Crippen LogP contribution in [0.1, 0.15) is 25.8 Å². The molecule has 2 heterocycles. The van der Waals surface area contributed by atoms with Gasteiger partial charge < -0.3 is 14.5 Å². The highest BCUT2D eigenvalue weighted by molar-refractivity contribution is 5.83. The maximum Gasteiger partial charge on any atom is 0.278 e. The van der Waals surface area contributed by atoms with Crippen LogP contribution in [0, 0.1) is 26.1 Å². The van der Waals surface area contributed by atoms with Crippen LogP contribution < -0.4 is 0 Å². The van der Waals surface area contributed by atoms with Crippen molar-refractivity contribution in [2.24, 2.45) is 11.0 Å². The van der Waals surface area contributed by atoms with Crippen molar-refractivity contribution in [3.8, 4) is 0 Å². The van der Waals surface area contributed by atoms with Gasteiger partial charge in [0, 0.05) is 43.9 Å². The molecule has 1 atom stereocenters. The van der Waals surface area contributed by atoms with E-state index in [1.54, 1.807) is 29.3 Å². The van der Waals surface area contributed by atoms with Crippen molar-refractivity contribution in [1.82, 2.24) is 9.80 Å². The molecule has 0 bridgehead atoms. The van der Waals surface area contributed by atoms with Crippen LogP contribution in [0.3, 0.4) is 0 Å². The second kappa shape index (κ2) is 7.93. The third kappa shape index (κ3) is 4.83. The van der Waals surface area contributed by atoms with Gasteiger partial charge in [-0.2, -0.15) is 0 Å². The Balaban J connectivity index is 1.70. The number of nitrogens with zero attached hydrogens (tertiary/aromatic N) is 5. The molecule has 0 spiro atoms. The zero-order valence-electron chi connectivity index (χ0n) is 15.9. The zero-order chi connectivity index (χ0) is 20.3. The van der Waals surface area contributed by atoms with Crippen molar-refractivity contribution >= 4 is 17.7 Å². The summed E-state index contributed by atoms with van der Waals surface area (Å²) in [5, 5.41) is 24.6. The molecule has 1 unspecified atom stereocenters. The second-order valence-corrected chi connectivity index (χ2v) is 7.58. The van der Waals surface area contributed by atoms with Gasteiger partial charge in [0.2, 0.25) is 0 Å². The van der Waals surface area contributed by atoms with Crippen LogP contribution in [0.25, 0.3) is 6.08 Å². The molecule has 1 aromatic carbocycles. The molecular weight excluding hydrogens is 366 g/mol. The van der Waals surface area contributed by atoms with Gasteiger partial charge >= 0.3 is 0 Å². The van der Waals surface area contributed by atoms with Gasteiger partial charge in [-0.05, 0) is 44.0 Å². The number of benzene rings is 1. The molecule has 0 radical (unpaired) electrons. The van der Waals surface area contributed by atoms with Crippen LogP contribution >= 0.6 is 0 Å². The molecule has 1 aromatic rings. The molecule has 0 N–H and O–H groups in total. The molecule has 0 aromatic heterocycles. The van der Waals surface area contributed by atoms with E-state index >= 15 is 0 Å². The summed E-state index contributed by atoms with van der Waals surface area (Å²) in [4.78, 5) is 24.9. The highest BCUT2D eigenvalue weighted by atomic mass is 16.7. The monoisotopic (exact) mass is 389 g/mol. The molecule has 0 saturated carbocycles. The average Bonchev–Trinajstić information content (AvgIpc) is 3.16. The first-order chi connectivity index (χ1) is 13.2. The molecule has 28 heavy (non-hydrogen) atoms. The minimum atomic E-state index is -0.685. The van der Waals surface area contributed by atoms with Gasteiger partial charge in [-0.25, -0.2) is 10.1 Å². The second-order valence-electron chi connectivity index (χ2n) is 7.58. The first kappa shape index (κ1) is 19.7. The maximum absolute atomic E-state index is 11.0. The van der Waals surface area contributed by atoms with Gasteiger partial charge in [0.05, 0.1) is 17.1 Å². The highest BCUT2D eigenvalue weighted by Crippen LogP contribution is 2.30. The molecule has 2 aliphatic heterocycles. The Bertz CT molecular complexity index is 805. The van der Waals surface area contributed by atoms with Crippen LogP contribution in [0.15, 0.2) is 35.6 Å². The summed E-state index contributed by atoms with van der Waals surface area (Å²) in [7, 11) is 0. The fourth-order valence-corrected chi connectivity index (χ4v) is 3.59. The molecular formula is C18H23N5O5. The van der Waals surface area contributed by atoms with E-state index in [9.17, 15) is 20.2 Å². The van der Waals surface area contributed by atoms with Gasteiger partial charge in [0.15, 0.2) is 5.03 Å². The molecule has 10 heteroatoms. The number of guanidine groups is 1. The first-order valence-electron chi connectivity index (χ1n) is 9.05. The van der Waals surface area contributed by atoms with Crippen LogP contribution in [0.5, 0.6) is 0 Å². The molecule has 2 saturated heterocycles. The lowest BCUT2D eigenvalue weighted by atomic mass is 9.97. The number of ether oxygens (including phenoxy) is 1. The van der Waals surface area contributed by atoms with Crippen LogP contribution in [-0.4, -0.2) is 57.6 Å². The fraction of sp³-hybridized carbons (Fsp3) is 0.500. The molecule has 150 valence electrons. The Kier molecular flexibility index (Phi) is 5.59. The zero-order valence-corrected chi connectivity index (χ0v) is 15.9. The molecule has 10 nitrogen and oxygen atoms in total.